The van der Waals surface area contributed by atoms with Gasteiger partial charge >= 0.3 is 0 Å². The predicted octanol–water partition coefficient (Wildman–Crippen LogP) is 5.04. The molecule has 3 rings (SSSR count). The van der Waals surface area contributed by atoms with Crippen LogP contribution in [0.3, 0.4) is 0 Å². The van der Waals surface area contributed by atoms with Gasteiger partial charge in [0.15, 0.2) is 0 Å². The zero-order valence-electron chi connectivity index (χ0n) is 14.9. The molecule has 0 spiro atoms. The van der Waals surface area contributed by atoms with Gasteiger partial charge in [-0.25, -0.2) is 13.8 Å². The van der Waals surface area contributed by atoms with Crippen LogP contribution in [0.15, 0.2) is 47.5 Å². The van der Waals surface area contributed by atoms with E-state index in [-0.39, 0.29) is 22.9 Å². The molecule has 0 N–H and O–H groups in total. The molecule has 2 aromatic carbocycles. The Morgan fingerprint density at radius 1 is 1.04 bits per heavy atom. The fourth-order valence-electron chi connectivity index (χ4n) is 2.96. The Kier molecular flexibility index (Phi) is 4.89. The fourth-order valence-corrected chi connectivity index (χ4v) is 2.96. The molecule has 0 fully saturated rings. The zero-order chi connectivity index (χ0) is 18.0. The van der Waals surface area contributed by atoms with Gasteiger partial charge in [0.25, 0.3) is 0 Å². The summed E-state index contributed by atoms with van der Waals surface area (Å²) < 4.78 is 33.3. The van der Waals surface area contributed by atoms with E-state index in [1.165, 1.54) is 23.8 Å². The van der Waals surface area contributed by atoms with Gasteiger partial charge < -0.3 is 4.74 Å². The first-order valence-electron chi connectivity index (χ1n) is 8.59. The molecule has 0 aliphatic carbocycles. The van der Waals surface area contributed by atoms with Gasteiger partial charge in [-0.05, 0) is 35.1 Å². The molecule has 0 aromatic heterocycles. The van der Waals surface area contributed by atoms with Gasteiger partial charge in [0.05, 0.1) is 12.6 Å². The monoisotopic (exact) mass is 343 g/mol. The minimum Gasteiger partial charge on any atom is -0.477 e. The van der Waals surface area contributed by atoms with E-state index in [2.05, 4.69) is 50.0 Å². The average Bonchev–Trinajstić information content (AvgIpc) is 2.55. The molecule has 0 radical (unpaired) electrons. The van der Waals surface area contributed by atoms with Gasteiger partial charge in [-0.15, -0.1) is 0 Å². The Labute approximate surface area is 147 Å². The molecule has 1 aliphatic heterocycles. The molecule has 1 aliphatic rings. The number of aliphatic imine (C=N–C) groups is 1. The number of hydrogen-bond acceptors (Lipinski definition) is 2. The number of benzene rings is 2. The topological polar surface area (TPSA) is 21.6 Å². The van der Waals surface area contributed by atoms with Gasteiger partial charge in [-0.2, -0.15) is 0 Å². The van der Waals surface area contributed by atoms with E-state index in [1.54, 1.807) is 0 Å². The van der Waals surface area contributed by atoms with Gasteiger partial charge in [-0.3, -0.25) is 0 Å². The molecular weight excluding hydrogens is 320 g/mol. The third-order valence-electron chi connectivity index (χ3n) is 4.46. The van der Waals surface area contributed by atoms with Crippen LogP contribution in [0, 0.1) is 11.6 Å². The van der Waals surface area contributed by atoms with E-state index in [0.717, 1.165) is 18.4 Å². The molecule has 2 aromatic rings. The molecule has 25 heavy (non-hydrogen) atoms. The van der Waals surface area contributed by atoms with Crippen molar-refractivity contribution in [3.63, 3.8) is 0 Å². The second kappa shape index (κ2) is 6.95. The minimum atomic E-state index is -0.645. The average molecular weight is 343 g/mol. The van der Waals surface area contributed by atoms with Crippen LogP contribution in [0.5, 0.6) is 0 Å². The standard InChI is InChI=1S/C21H23F2NO/c1-21(2,3)15-9-7-14(8-10-15)13-16-11-12-25-20(24-16)19-17(22)5-4-6-18(19)23/h4-10,16H,11-13H2,1-3H3. The molecular formula is C21H23F2NO. The van der Waals surface area contributed by atoms with Crippen LogP contribution in [-0.4, -0.2) is 18.5 Å². The Morgan fingerprint density at radius 2 is 1.68 bits per heavy atom. The second-order valence-corrected chi connectivity index (χ2v) is 7.47. The number of rotatable bonds is 3. The van der Waals surface area contributed by atoms with Crippen molar-refractivity contribution in [2.45, 2.75) is 45.1 Å². The molecule has 0 bridgehead atoms. The van der Waals surface area contributed by atoms with Crippen LogP contribution in [0.4, 0.5) is 8.78 Å². The number of ether oxygens (including phenoxy) is 1. The highest BCUT2D eigenvalue weighted by atomic mass is 19.1. The lowest BCUT2D eigenvalue weighted by Crippen LogP contribution is -2.25. The molecule has 2 nitrogen and oxygen atoms in total. The first kappa shape index (κ1) is 17.6. The summed E-state index contributed by atoms with van der Waals surface area (Å²) in [6.07, 6.45) is 1.47. The number of halogens is 2. The molecule has 132 valence electrons. The molecule has 0 saturated heterocycles. The summed E-state index contributed by atoms with van der Waals surface area (Å²) in [5.41, 5.74) is 2.39. The molecule has 1 atom stereocenters. The van der Waals surface area contributed by atoms with E-state index >= 15 is 0 Å². The highest BCUT2D eigenvalue weighted by Crippen LogP contribution is 2.24. The van der Waals surface area contributed by atoms with Crippen LogP contribution >= 0.6 is 0 Å². The van der Waals surface area contributed by atoms with Crippen molar-refractivity contribution in [2.75, 3.05) is 6.61 Å². The van der Waals surface area contributed by atoms with Crippen molar-refractivity contribution < 1.29 is 13.5 Å². The number of hydrogen-bond donors (Lipinski definition) is 0. The van der Waals surface area contributed by atoms with E-state index in [4.69, 9.17) is 4.74 Å². The maximum absolute atomic E-state index is 13.9. The summed E-state index contributed by atoms with van der Waals surface area (Å²) in [4.78, 5) is 4.45. The third-order valence-corrected chi connectivity index (χ3v) is 4.46. The van der Waals surface area contributed by atoms with Crippen LogP contribution in [0.2, 0.25) is 0 Å². The van der Waals surface area contributed by atoms with Crippen molar-refractivity contribution in [1.29, 1.82) is 0 Å². The SMILES string of the molecule is CC(C)(C)c1ccc(CC2CCOC(c3c(F)cccc3F)=N2)cc1. The Bertz CT molecular complexity index is 755. The van der Waals surface area contributed by atoms with Crippen molar-refractivity contribution >= 4 is 5.90 Å². The summed E-state index contributed by atoms with van der Waals surface area (Å²) in [5.74, 6) is -1.22. The highest BCUT2D eigenvalue weighted by Gasteiger charge is 2.23. The summed E-state index contributed by atoms with van der Waals surface area (Å²) in [7, 11) is 0. The second-order valence-electron chi connectivity index (χ2n) is 7.47. The van der Waals surface area contributed by atoms with Crippen molar-refractivity contribution in [3.05, 3.63) is 70.8 Å². The lowest BCUT2D eigenvalue weighted by Gasteiger charge is -2.23. The maximum atomic E-state index is 13.9. The summed E-state index contributed by atoms with van der Waals surface area (Å²) in [5, 5.41) is 0. The Hall–Kier alpha value is -2.23. The van der Waals surface area contributed by atoms with Gasteiger partial charge in [-0.1, -0.05) is 51.1 Å². The maximum Gasteiger partial charge on any atom is 0.222 e. The quantitative estimate of drug-likeness (QED) is 0.765. The van der Waals surface area contributed by atoms with E-state index in [1.807, 2.05) is 0 Å². The Balaban J connectivity index is 1.79. The van der Waals surface area contributed by atoms with E-state index in [9.17, 15) is 8.78 Å². The fraction of sp³-hybridized carbons (Fsp3) is 0.381. The smallest absolute Gasteiger partial charge is 0.222 e. The lowest BCUT2D eigenvalue weighted by atomic mass is 9.86. The first-order valence-corrected chi connectivity index (χ1v) is 8.59. The Morgan fingerprint density at radius 3 is 2.28 bits per heavy atom. The number of nitrogens with zero attached hydrogens (tertiary/aromatic N) is 1. The summed E-state index contributed by atoms with van der Waals surface area (Å²) in [6.45, 7) is 6.96. The van der Waals surface area contributed by atoms with Crippen LogP contribution in [-0.2, 0) is 16.6 Å². The van der Waals surface area contributed by atoms with Gasteiger partial charge in [0.1, 0.15) is 17.2 Å². The predicted molar refractivity (Wildman–Crippen MR) is 96.1 cm³/mol. The largest absolute Gasteiger partial charge is 0.477 e. The van der Waals surface area contributed by atoms with Gasteiger partial charge in [0.2, 0.25) is 5.90 Å². The van der Waals surface area contributed by atoms with Crippen molar-refractivity contribution in [3.8, 4) is 0 Å². The third kappa shape index (κ3) is 4.06. The van der Waals surface area contributed by atoms with Crippen molar-refractivity contribution in [2.24, 2.45) is 4.99 Å². The zero-order valence-corrected chi connectivity index (χ0v) is 14.9. The summed E-state index contributed by atoms with van der Waals surface area (Å²) >= 11 is 0. The molecule has 1 heterocycles. The van der Waals surface area contributed by atoms with E-state index in [0.29, 0.717) is 6.61 Å². The van der Waals surface area contributed by atoms with Crippen molar-refractivity contribution in [1.82, 2.24) is 0 Å². The van der Waals surface area contributed by atoms with E-state index < -0.39 is 11.6 Å². The van der Waals surface area contributed by atoms with Crippen LogP contribution < -0.4 is 0 Å². The molecule has 1 unspecified atom stereocenters. The first-order chi connectivity index (χ1) is 11.8. The summed E-state index contributed by atoms with van der Waals surface area (Å²) in [6, 6.07) is 12.2. The normalized spacial score (nSPS) is 17.8. The molecule has 0 saturated carbocycles. The highest BCUT2D eigenvalue weighted by molar-refractivity contribution is 5.95. The van der Waals surface area contributed by atoms with Crippen LogP contribution in [0.25, 0.3) is 0 Å². The lowest BCUT2D eigenvalue weighted by molar-refractivity contribution is 0.258. The molecule has 0 amide bonds. The van der Waals surface area contributed by atoms with Crippen LogP contribution in [0.1, 0.15) is 43.9 Å². The van der Waals surface area contributed by atoms with Gasteiger partial charge in [0, 0.05) is 6.42 Å². The molecule has 4 heteroatoms. The minimum absolute atomic E-state index is 0.0387.